The Balaban J connectivity index is 0.000000102. The molecular formula is C84H109ClN8O7. The molecule has 4 aliphatic carbocycles. The van der Waals surface area contributed by atoms with Gasteiger partial charge in [-0.2, -0.15) is 0 Å². The highest BCUT2D eigenvalue weighted by atomic mass is 35.5. The van der Waals surface area contributed by atoms with Gasteiger partial charge >= 0.3 is 11.6 Å². The summed E-state index contributed by atoms with van der Waals surface area (Å²) in [4.78, 5) is 35.8. The summed E-state index contributed by atoms with van der Waals surface area (Å²) in [7, 11) is 9.31. The van der Waals surface area contributed by atoms with Crippen LogP contribution in [0.4, 0.5) is 9.59 Å². The van der Waals surface area contributed by atoms with Gasteiger partial charge in [-0.05, 0) is 220 Å². The first-order valence-electron chi connectivity index (χ1n) is 38.7. The quantitative estimate of drug-likeness (QED) is 0.0860. The van der Waals surface area contributed by atoms with Crippen LogP contribution < -0.4 is 4.74 Å². The minimum absolute atomic E-state index is 0.384. The molecule has 0 spiro atoms. The maximum absolute atomic E-state index is 11.5. The van der Waals surface area contributed by atoms with Crippen LogP contribution in [-0.2, 0) is 56.3 Å². The SMILES string of the molecule is CCC1CC2C[C@H]3c4[nH]c5ccc(O)cc5c4CCN(C2)C13.CCC1CC2C[C@H]3c4c(c5cc(C)ccc5n4C)CCN(C2)C13.CCC1CC2C[C@H]3c4c(c5cc(O)ccc5n4C)CCN(C2)C13.CCC1CC2C[C@H]3c4c(c5cc(OC(=O)OC)ccc5n4C)CCN(C2)C13.COC(=O)Cl. The van der Waals surface area contributed by atoms with E-state index in [2.05, 4.69) is 145 Å². The van der Waals surface area contributed by atoms with E-state index >= 15 is 0 Å². The van der Waals surface area contributed by atoms with Crippen LogP contribution in [0.3, 0.4) is 0 Å². The van der Waals surface area contributed by atoms with Crippen LogP contribution in [0.15, 0.2) is 72.8 Å². The Kier molecular flexibility index (Phi) is 18.5. The van der Waals surface area contributed by atoms with Gasteiger partial charge < -0.3 is 43.1 Å². The maximum Gasteiger partial charge on any atom is 0.513 e. The van der Waals surface area contributed by atoms with Crippen LogP contribution in [0.2, 0.25) is 0 Å². The molecule has 16 heteroatoms. The van der Waals surface area contributed by atoms with Crippen molar-refractivity contribution < 1.29 is 34.0 Å². The molecule has 100 heavy (non-hydrogen) atoms. The number of piperidine rings is 8. The van der Waals surface area contributed by atoms with Crippen molar-refractivity contribution in [2.24, 2.45) is 68.5 Å². The van der Waals surface area contributed by atoms with Gasteiger partial charge in [-0.25, -0.2) is 9.59 Å². The van der Waals surface area contributed by atoms with Gasteiger partial charge in [0.1, 0.15) is 17.2 Å². The topological polar surface area (TPSA) is 146 Å². The van der Waals surface area contributed by atoms with E-state index in [0.29, 0.717) is 41.0 Å². The smallest absolute Gasteiger partial charge is 0.508 e. The molecule has 16 heterocycles. The number of carbonyl (C=O) groups excluding carboxylic acids is 2. The summed E-state index contributed by atoms with van der Waals surface area (Å²) in [6.45, 7) is 21.8. The van der Waals surface area contributed by atoms with Crippen LogP contribution in [0.5, 0.6) is 17.2 Å². The number of nitrogens with one attached hydrogen (secondary N) is 1. The Morgan fingerprint density at radius 3 is 1.27 bits per heavy atom. The molecule has 16 bridgehead atoms. The molecule has 0 amide bonds. The number of fused-ring (bicyclic) bond motifs is 16. The van der Waals surface area contributed by atoms with E-state index in [1.165, 1.54) is 221 Å². The molecule has 3 N–H and O–H groups in total. The minimum atomic E-state index is -0.773. The first kappa shape index (κ1) is 68.0. The van der Waals surface area contributed by atoms with Crippen molar-refractivity contribution in [2.75, 3.05) is 66.6 Å². The highest BCUT2D eigenvalue weighted by Gasteiger charge is 2.53. The molecule has 4 aromatic heterocycles. The van der Waals surface area contributed by atoms with E-state index in [-0.39, 0.29) is 0 Å². The second-order valence-electron chi connectivity index (χ2n) is 32.8. The summed E-state index contributed by atoms with van der Waals surface area (Å²) in [5.41, 5.74) is 18.2. The molecule has 24 rings (SSSR count). The third kappa shape index (κ3) is 11.7. The normalized spacial score (nSPS) is 33.1. The molecule has 12 fully saturated rings. The zero-order valence-electron chi connectivity index (χ0n) is 61.1. The van der Waals surface area contributed by atoms with E-state index in [1.54, 1.807) is 23.0 Å². The number of ether oxygens (including phenoxy) is 3. The number of benzene rings is 4. The Hall–Kier alpha value is -6.49. The van der Waals surface area contributed by atoms with Crippen molar-refractivity contribution in [1.82, 2.24) is 38.3 Å². The molecule has 12 aliphatic heterocycles. The number of aromatic nitrogens is 4. The average Bonchev–Trinajstić information content (AvgIpc) is 1.58. The van der Waals surface area contributed by atoms with Crippen molar-refractivity contribution >= 4 is 66.8 Å². The molecule has 534 valence electrons. The fraction of sp³-hybridized carbons (Fsp3) is 0.595. The Morgan fingerprint density at radius 1 is 0.470 bits per heavy atom. The summed E-state index contributed by atoms with van der Waals surface area (Å²) < 4.78 is 21.2. The van der Waals surface area contributed by atoms with Gasteiger partial charge in [0.05, 0.1) is 14.2 Å². The zero-order chi connectivity index (χ0) is 69.3. The van der Waals surface area contributed by atoms with Crippen molar-refractivity contribution in [3.63, 3.8) is 0 Å². The van der Waals surface area contributed by atoms with Gasteiger partial charge in [-0.1, -0.05) is 65.0 Å². The van der Waals surface area contributed by atoms with Gasteiger partial charge in [0.15, 0.2) is 0 Å². The number of aryl methyl sites for hydroxylation is 4. The predicted molar refractivity (Wildman–Crippen MR) is 400 cm³/mol. The molecule has 0 radical (unpaired) electrons. The molecule has 16 unspecified atom stereocenters. The van der Waals surface area contributed by atoms with E-state index in [0.717, 1.165) is 97.2 Å². The first-order chi connectivity index (χ1) is 48.5. The summed E-state index contributed by atoms with van der Waals surface area (Å²) >= 11 is 4.60. The predicted octanol–water partition coefficient (Wildman–Crippen LogP) is 16.6. The number of hydrogen-bond acceptors (Lipinski definition) is 11. The number of phenolic OH excluding ortho intramolecular Hbond substituents is 2. The van der Waals surface area contributed by atoms with Crippen LogP contribution in [0.1, 0.15) is 179 Å². The van der Waals surface area contributed by atoms with Crippen LogP contribution in [0, 0.1) is 54.3 Å². The van der Waals surface area contributed by atoms with Crippen molar-refractivity contribution in [3.8, 4) is 17.2 Å². The van der Waals surface area contributed by atoms with Gasteiger partial charge in [0, 0.05) is 199 Å². The molecule has 8 saturated heterocycles. The number of hydrogen-bond donors (Lipinski definition) is 3. The van der Waals surface area contributed by atoms with Crippen LogP contribution >= 0.6 is 11.6 Å². The molecule has 8 aromatic rings. The summed E-state index contributed by atoms with van der Waals surface area (Å²) in [5.74, 6) is 11.1. The van der Waals surface area contributed by atoms with E-state index in [9.17, 15) is 19.8 Å². The second kappa shape index (κ2) is 27.3. The third-order valence-corrected chi connectivity index (χ3v) is 28.0. The first-order valence-corrected chi connectivity index (χ1v) is 39.1. The fourth-order valence-corrected chi connectivity index (χ4v) is 24.3. The summed E-state index contributed by atoms with van der Waals surface area (Å²) in [5, 5.41) is 25.1. The number of aromatic hydroxyl groups is 2. The van der Waals surface area contributed by atoms with Crippen LogP contribution in [-0.4, -0.2) is 151 Å². The molecule has 15 nitrogen and oxygen atoms in total. The number of methoxy groups -OCH3 is 2. The fourth-order valence-electron chi connectivity index (χ4n) is 24.3. The number of rotatable bonds is 5. The van der Waals surface area contributed by atoms with E-state index in [1.807, 2.05) is 36.4 Å². The van der Waals surface area contributed by atoms with Crippen molar-refractivity contribution in [1.29, 1.82) is 0 Å². The molecule has 16 aliphatic rings. The van der Waals surface area contributed by atoms with Crippen LogP contribution in [0.25, 0.3) is 43.6 Å². The van der Waals surface area contributed by atoms with E-state index in [4.69, 9.17) is 4.74 Å². The largest absolute Gasteiger partial charge is 0.513 e. The number of phenols is 2. The van der Waals surface area contributed by atoms with Gasteiger partial charge in [0.2, 0.25) is 0 Å². The number of nitrogens with zero attached hydrogens (tertiary/aromatic N) is 7. The Labute approximate surface area is 596 Å². The minimum Gasteiger partial charge on any atom is -0.508 e. The monoisotopic (exact) mass is 1380 g/mol. The Morgan fingerprint density at radius 2 is 0.840 bits per heavy atom. The zero-order valence-corrected chi connectivity index (χ0v) is 61.8. The highest BCUT2D eigenvalue weighted by molar-refractivity contribution is 6.61. The van der Waals surface area contributed by atoms with Crippen molar-refractivity contribution in [2.45, 2.75) is 185 Å². The summed E-state index contributed by atoms with van der Waals surface area (Å²) in [6, 6.07) is 27.7. The molecule has 4 aromatic carbocycles. The second-order valence-corrected chi connectivity index (χ2v) is 33.1. The maximum atomic E-state index is 11.5. The van der Waals surface area contributed by atoms with Crippen molar-refractivity contribution in [3.05, 3.63) is 123 Å². The third-order valence-electron chi connectivity index (χ3n) is 27.9. The lowest BCUT2D eigenvalue weighted by molar-refractivity contribution is -0.0140. The number of carbonyl (C=O) groups is 2. The number of aromatic amines is 1. The number of H-pyrrole nitrogens is 1. The lowest BCUT2D eigenvalue weighted by Crippen LogP contribution is -2.56. The molecule has 4 saturated carbocycles. The lowest BCUT2D eigenvalue weighted by atomic mass is 9.65. The van der Waals surface area contributed by atoms with Gasteiger partial charge in [-0.15, -0.1) is 0 Å². The highest BCUT2D eigenvalue weighted by Crippen LogP contribution is 2.56. The lowest BCUT2D eigenvalue weighted by Gasteiger charge is -2.53. The molecule has 20 atom stereocenters. The Bertz CT molecular complexity index is 4280. The number of halogens is 1. The van der Waals surface area contributed by atoms with E-state index < -0.39 is 11.6 Å². The molecular weight excluding hydrogens is 1270 g/mol. The van der Waals surface area contributed by atoms with Gasteiger partial charge in [0.25, 0.3) is 0 Å². The summed E-state index contributed by atoms with van der Waals surface area (Å²) in [6.07, 6.45) is 20.4. The van der Waals surface area contributed by atoms with Gasteiger partial charge in [-0.3, -0.25) is 19.6 Å². The average molecular weight is 1380 g/mol. The standard InChI is InChI=1S/C22H28N2O3.C21H28N2.C20H26N2O.C19H24N2O.C2H3ClO2/c1-4-14-9-13-10-18-20(14)24(12-13)8-7-16-17-11-15(27-22(25)26-3)5-6-19(17)23(2)21(16)18;1-4-15-10-14-11-18-20(15)23(12-14)8-7-16-17-9-13(2)5-6-19(17)22(3)21(16)18;1-3-13-8-12-9-17-19(13)22(11-12)7-6-15-16-10-14(23)4-5-18(16)21(2)20(15)17;1-2-12-7-11-8-16-18-14(5-6-21(10-11)19(12)16)15-9-13(22)3-4-17(15)20-18;1-5-2(3)4/h5-6,11,13-14,18,20H,4,7-10,12H2,1-3H3;5-6,9,14-15,18,20H,4,7-8,10-12H2,1-3H3;4-5,10,12-13,17,19,23H,3,6-9,11H2,1-2H3;3-4,9,11-12,16,19-20,22H,2,5-8,10H2,1H3;1H3/t13?,14?,18-,20?;14?,15?,18-,20?;12?,13?,17-,19?;11?,12?,16-,19?;/m1110./s1.